The minimum absolute atomic E-state index is 0.173. The van der Waals surface area contributed by atoms with Crippen LogP contribution in [0.2, 0.25) is 10.0 Å². The second-order valence-corrected chi connectivity index (χ2v) is 5.68. The van der Waals surface area contributed by atoms with Gasteiger partial charge in [0.05, 0.1) is 10.0 Å². The molecule has 1 aliphatic rings. The lowest BCUT2D eigenvalue weighted by Gasteiger charge is -2.30. The summed E-state index contributed by atoms with van der Waals surface area (Å²) in [6, 6.07) is 2.81. The van der Waals surface area contributed by atoms with Crippen LogP contribution >= 0.6 is 23.2 Å². The maximum Gasteiger partial charge on any atom is 0.314 e. The van der Waals surface area contributed by atoms with E-state index in [1.54, 1.807) is 11.0 Å². The maximum atomic E-state index is 11.0. The first-order valence-electron chi connectivity index (χ1n) is 6.18. The van der Waals surface area contributed by atoms with Gasteiger partial charge in [0.1, 0.15) is 5.75 Å². The molecule has 1 aliphatic heterocycles. The van der Waals surface area contributed by atoms with Crippen LogP contribution in [-0.4, -0.2) is 29.1 Å². The zero-order chi connectivity index (χ0) is 14.0. The van der Waals surface area contributed by atoms with Crippen molar-refractivity contribution in [2.45, 2.75) is 19.3 Å². The summed E-state index contributed by atoms with van der Waals surface area (Å²) in [7, 11) is 0. The van der Waals surface area contributed by atoms with Crippen LogP contribution in [-0.2, 0) is 6.42 Å². The fourth-order valence-corrected chi connectivity index (χ4v) is 2.75. The van der Waals surface area contributed by atoms with Gasteiger partial charge in [0.25, 0.3) is 0 Å². The van der Waals surface area contributed by atoms with E-state index >= 15 is 0 Å². The van der Waals surface area contributed by atoms with E-state index < -0.39 is 0 Å². The third-order valence-corrected chi connectivity index (χ3v) is 4.28. The molecule has 1 aromatic carbocycles. The first-order valence-corrected chi connectivity index (χ1v) is 6.94. The van der Waals surface area contributed by atoms with E-state index in [1.807, 2.05) is 0 Å². The molecule has 0 radical (unpaired) electrons. The van der Waals surface area contributed by atoms with Gasteiger partial charge in [-0.15, -0.1) is 0 Å². The minimum Gasteiger partial charge on any atom is -0.508 e. The zero-order valence-electron chi connectivity index (χ0n) is 10.4. The SMILES string of the molecule is NC(=O)N1CCC(Cc2cc(Cl)c(Cl)cc2O)CC1. The Kier molecular flexibility index (Phi) is 4.42. The molecular formula is C13H16Cl2N2O2. The minimum atomic E-state index is -0.365. The van der Waals surface area contributed by atoms with Gasteiger partial charge in [0.15, 0.2) is 0 Å². The number of nitrogens with two attached hydrogens (primary N) is 1. The van der Waals surface area contributed by atoms with Gasteiger partial charge in [-0.05, 0) is 36.8 Å². The van der Waals surface area contributed by atoms with Crippen molar-refractivity contribution in [3.8, 4) is 5.75 Å². The normalized spacial score (nSPS) is 16.6. The highest BCUT2D eigenvalue weighted by atomic mass is 35.5. The number of phenols is 1. The molecule has 104 valence electrons. The molecule has 2 rings (SSSR count). The summed E-state index contributed by atoms with van der Waals surface area (Å²) in [5, 5.41) is 10.7. The Labute approximate surface area is 122 Å². The molecule has 3 N–H and O–H groups in total. The van der Waals surface area contributed by atoms with Gasteiger partial charge in [-0.2, -0.15) is 0 Å². The Morgan fingerprint density at radius 1 is 1.32 bits per heavy atom. The van der Waals surface area contributed by atoms with Crippen molar-refractivity contribution in [1.82, 2.24) is 4.90 Å². The van der Waals surface area contributed by atoms with Gasteiger partial charge in [0, 0.05) is 19.2 Å². The molecule has 0 atom stereocenters. The summed E-state index contributed by atoms with van der Waals surface area (Å²) < 4.78 is 0. The Balaban J connectivity index is 1.99. The molecule has 1 saturated heterocycles. The number of carbonyl (C=O) groups is 1. The van der Waals surface area contributed by atoms with Gasteiger partial charge in [-0.1, -0.05) is 23.2 Å². The lowest BCUT2D eigenvalue weighted by atomic mass is 9.90. The second kappa shape index (κ2) is 5.88. The number of nitrogens with zero attached hydrogens (tertiary/aromatic N) is 1. The number of hydrogen-bond acceptors (Lipinski definition) is 2. The van der Waals surface area contributed by atoms with E-state index in [-0.39, 0.29) is 11.8 Å². The largest absolute Gasteiger partial charge is 0.508 e. The standard InChI is InChI=1S/C13H16Cl2N2O2/c14-10-6-9(12(18)7-11(10)15)5-8-1-3-17(4-2-8)13(16)19/h6-8,18H,1-5H2,(H2,16,19). The van der Waals surface area contributed by atoms with Crippen LogP contribution < -0.4 is 5.73 Å². The van der Waals surface area contributed by atoms with Crippen LogP contribution in [0.5, 0.6) is 5.75 Å². The van der Waals surface area contributed by atoms with E-state index in [0.717, 1.165) is 24.8 Å². The second-order valence-electron chi connectivity index (χ2n) is 4.87. The molecule has 6 heteroatoms. The summed E-state index contributed by atoms with van der Waals surface area (Å²) in [4.78, 5) is 12.7. The molecule has 0 aromatic heterocycles. The monoisotopic (exact) mass is 302 g/mol. The summed E-state index contributed by atoms with van der Waals surface area (Å²) in [5.41, 5.74) is 6.04. The molecule has 0 bridgehead atoms. The molecular weight excluding hydrogens is 287 g/mol. The van der Waals surface area contributed by atoms with Crippen LogP contribution in [0.15, 0.2) is 12.1 Å². The smallest absolute Gasteiger partial charge is 0.314 e. The third kappa shape index (κ3) is 3.45. The van der Waals surface area contributed by atoms with Crippen molar-refractivity contribution < 1.29 is 9.90 Å². The maximum absolute atomic E-state index is 11.0. The first kappa shape index (κ1) is 14.3. The van der Waals surface area contributed by atoms with Crippen LogP contribution in [0.1, 0.15) is 18.4 Å². The molecule has 1 aromatic rings. The van der Waals surface area contributed by atoms with Crippen molar-refractivity contribution in [2.24, 2.45) is 11.7 Å². The predicted octanol–water partition coefficient (Wildman–Crippen LogP) is 3.03. The van der Waals surface area contributed by atoms with Gasteiger partial charge in [-0.25, -0.2) is 4.79 Å². The van der Waals surface area contributed by atoms with Crippen LogP contribution in [0.4, 0.5) is 4.79 Å². The van der Waals surface area contributed by atoms with Crippen molar-refractivity contribution in [3.05, 3.63) is 27.7 Å². The highest BCUT2D eigenvalue weighted by Crippen LogP contribution is 2.32. The summed E-state index contributed by atoms with van der Waals surface area (Å²) in [5.74, 6) is 0.588. The summed E-state index contributed by atoms with van der Waals surface area (Å²) >= 11 is 11.8. The van der Waals surface area contributed by atoms with E-state index in [1.165, 1.54) is 6.07 Å². The lowest BCUT2D eigenvalue weighted by Crippen LogP contribution is -2.41. The lowest BCUT2D eigenvalue weighted by molar-refractivity contribution is 0.178. The highest BCUT2D eigenvalue weighted by Gasteiger charge is 2.22. The molecule has 19 heavy (non-hydrogen) atoms. The van der Waals surface area contributed by atoms with E-state index in [0.29, 0.717) is 29.1 Å². The quantitative estimate of drug-likeness (QED) is 0.882. The number of primary amides is 1. The number of amides is 2. The van der Waals surface area contributed by atoms with Crippen molar-refractivity contribution in [1.29, 1.82) is 0 Å². The number of benzene rings is 1. The topological polar surface area (TPSA) is 66.6 Å². The number of urea groups is 1. The summed E-state index contributed by atoms with van der Waals surface area (Å²) in [6.07, 6.45) is 2.49. The Bertz CT molecular complexity index is 486. The number of carbonyl (C=O) groups excluding carboxylic acids is 1. The number of aromatic hydroxyl groups is 1. The molecule has 0 unspecified atom stereocenters. The van der Waals surface area contributed by atoms with Crippen molar-refractivity contribution in [3.63, 3.8) is 0 Å². The Morgan fingerprint density at radius 2 is 1.89 bits per heavy atom. The molecule has 2 amide bonds. The number of piperidine rings is 1. The Hall–Kier alpha value is -1.13. The van der Waals surface area contributed by atoms with E-state index in [4.69, 9.17) is 28.9 Å². The van der Waals surface area contributed by atoms with Crippen molar-refractivity contribution in [2.75, 3.05) is 13.1 Å². The van der Waals surface area contributed by atoms with Gasteiger partial charge >= 0.3 is 6.03 Å². The molecule has 0 saturated carbocycles. The van der Waals surface area contributed by atoms with Crippen LogP contribution in [0.25, 0.3) is 0 Å². The number of hydrogen-bond donors (Lipinski definition) is 2. The predicted molar refractivity (Wildman–Crippen MR) is 75.7 cm³/mol. The molecule has 4 nitrogen and oxygen atoms in total. The van der Waals surface area contributed by atoms with Crippen LogP contribution in [0.3, 0.4) is 0 Å². The van der Waals surface area contributed by atoms with Gasteiger partial charge in [0.2, 0.25) is 0 Å². The number of rotatable bonds is 2. The van der Waals surface area contributed by atoms with E-state index in [2.05, 4.69) is 0 Å². The van der Waals surface area contributed by atoms with Gasteiger partial charge < -0.3 is 15.7 Å². The highest BCUT2D eigenvalue weighted by molar-refractivity contribution is 6.42. The first-order chi connectivity index (χ1) is 8.97. The summed E-state index contributed by atoms with van der Waals surface area (Å²) in [6.45, 7) is 1.34. The number of halogens is 2. The Morgan fingerprint density at radius 3 is 2.47 bits per heavy atom. The van der Waals surface area contributed by atoms with Crippen LogP contribution in [0, 0.1) is 5.92 Å². The fourth-order valence-electron chi connectivity index (χ4n) is 2.41. The third-order valence-electron chi connectivity index (χ3n) is 3.56. The van der Waals surface area contributed by atoms with Gasteiger partial charge in [-0.3, -0.25) is 0 Å². The van der Waals surface area contributed by atoms with Crippen molar-refractivity contribution >= 4 is 29.2 Å². The fraction of sp³-hybridized carbons (Fsp3) is 0.462. The van der Waals surface area contributed by atoms with E-state index in [9.17, 15) is 9.90 Å². The number of phenolic OH excluding ortho intramolecular Hbond substituents is 1. The zero-order valence-corrected chi connectivity index (χ0v) is 11.9. The number of likely N-dealkylation sites (tertiary alicyclic amines) is 1. The average molecular weight is 303 g/mol. The molecule has 0 aliphatic carbocycles. The molecule has 0 spiro atoms. The average Bonchev–Trinajstić information content (AvgIpc) is 2.36. The molecule has 1 heterocycles. The molecule has 1 fully saturated rings.